The minimum Gasteiger partial charge on any atom is -0.380 e. The van der Waals surface area contributed by atoms with Gasteiger partial charge in [0.2, 0.25) is 0 Å². The van der Waals surface area contributed by atoms with Gasteiger partial charge in [-0.2, -0.15) is 0 Å². The quantitative estimate of drug-likeness (QED) is 0.775. The van der Waals surface area contributed by atoms with Crippen LogP contribution in [-0.2, 0) is 24.2 Å². The molecule has 0 fully saturated rings. The smallest absolute Gasteiger partial charge is 0.0715 e. The first-order valence-electron chi connectivity index (χ1n) is 6.82. The monoisotopic (exact) mass is 254 g/mol. The average molecular weight is 254 g/mol. The molecule has 0 aliphatic rings. The normalized spacial score (nSPS) is 10.7. The van der Waals surface area contributed by atoms with Gasteiger partial charge in [0.25, 0.3) is 0 Å². The molecule has 0 saturated heterocycles. The van der Waals surface area contributed by atoms with Gasteiger partial charge in [-0.15, -0.1) is 0 Å². The summed E-state index contributed by atoms with van der Waals surface area (Å²) in [6.45, 7) is 4.95. The van der Waals surface area contributed by atoms with Crippen LogP contribution in [0.3, 0.4) is 0 Å². The summed E-state index contributed by atoms with van der Waals surface area (Å²) in [5, 5.41) is 0. The van der Waals surface area contributed by atoms with Crippen molar-refractivity contribution in [1.29, 1.82) is 0 Å². The van der Waals surface area contributed by atoms with Crippen molar-refractivity contribution in [2.75, 3.05) is 7.11 Å². The predicted octanol–water partition coefficient (Wildman–Crippen LogP) is 4.24. The molecule has 0 radical (unpaired) electrons. The highest BCUT2D eigenvalue weighted by Crippen LogP contribution is 2.16. The lowest BCUT2D eigenvalue weighted by atomic mass is 9.98. The number of rotatable bonds is 5. The molecule has 0 heterocycles. The molecule has 1 heteroatoms. The first kappa shape index (κ1) is 13.8. The Balaban J connectivity index is 2.08. The van der Waals surface area contributed by atoms with Crippen molar-refractivity contribution in [2.45, 2.75) is 33.3 Å². The molecule has 0 aromatic heterocycles. The lowest BCUT2D eigenvalue weighted by molar-refractivity contribution is 0.184. The second kappa shape index (κ2) is 6.53. The van der Waals surface area contributed by atoms with E-state index in [0.717, 1.165) is 12.8 Å². The van der Waals surface area contributed by atoms with Crippen LogP contribution in [0.25, 0.3) is 0 Å². The number of aryl methyl sites for hydroxylation is 4. The summed E-state index contributed by atoms with van der Waals surface area (Å²) in [7, 11) is 1.76. The Hall–Kier alpha value is -1.60. The van der Waals surface area contributed by atoms with Gasteiger partial charge in [0, 0.05) is 7.11 Å². The van der Waals surface area contributed by atoms with Gasteiger partial charge in [-0.05, 0) is 43.4 Å². The van der Waals surface area contributed by atoms with E-state index in [2.05, 4.69) is 56.3 Å². The van der Waals surface area contributed by atoms with Gasteiger partial charge < -0.3 is 4.74 Å². The fourth-order valence-electron chi connectivity index (χ4n) is 2.32. The van der Waals surface area contributed by atoms with Crippen LogP contribution in [0.4, 0.5) is 0 Å². The second-order valence-electron chi connectivity index (χ2n) is 5.19. The number of methoxy groups -OCH3 is 1. The van der Waals surface area contributed by atoms with Crippen molar-refractivity contribution >= 4 is 0 Å². The first-order valence-corrected chi connectivity index (χ1v) is 6.82. The zero-order valence-electron chi connectivity index (χ0n) is 12.1. The lowest BCUT2D eigenvalue weighted by Crippen LogP contribution is -1.99. The van der Waals surface area contributed by atoms with Crippen molar-refractivity contribution in [1.82, 2.24) is 0 Å². The molecule has 2 rings (SSSR count). The van der Waals surface area contributed by atoms with Crippen molar-refractivity contribution in [3.8, 4) is 0 Å². The molecule has 0 saturated carbocycles. The second-order valence-corrected chi connectivity index (χ2v) is 5.19. The maximum absolute atomic E-state index is 5.29. The predicted molar refractivity (Wildman–Crippen MR) is 80.5 cm³/mol. The van der Waals surface area contributed by atoms with E-state index >= 15 is 0 Å². The van der Waals surface area contributed by atoms with Crippen molar-refractivity contribution in [3.05, 3.63) is 70.3 Å². The van der Waals surface area contributed by atoms with E-state index in [1.54, 1.807) is 7.11 Å². The Morgan fingerprint density at radius 2 is 1.47 bits per heavy atom. The van der Waals surface area contributed by atoms with Crippen LogP contribution in [-0.4, -0.2) is 7.11 Å². The highest BCUT2D eigenvalue weighted by molar-refractivity contribution is 5.32. The lowest BCUT2D eigenvalue weighted by Gasteiger charge is -2.10. The minimum absolute atomic E-state index is 0.699. The summed E-state index contributed by atoms with van der Waals surface area (Å²) in [6.07, 6.45) is 2.15. The highest BCUT2D eigenvalue weighted by Gasteiger charge is 2.03. The van der Waals surface area contributed by atoms with Gasteiger partial charge in [-0.1, -0.05) is 53.6 Å². The molecular formula is C18H22O. The standard InChI is InChI=1S/C18H22O/c1-14-4-7-16(8-5-14)9-11-17-10-6-15(2)12-18(17)13-19-3/h4-8,10,12H,9,11,13H2,1-3H3. The molecule has 2 aromatic rings. The molecular weight excluding hydrogens is 232 g/mol. The Morgan fingerprint density at radius 3 is 2.16 bits per heavy atom. The summed E-state index contributed by atoms with van der Waals surface area (Å²) < 4.78 is 5.29. The van der Waals surface area contributed by atoms with Gasteiger partial charge in [-0.3, -0.25) is 0 Å². The number of ether oxygens (including phenoxy) is 1. The van der Waals surface area contributed by atoms with Gasteiger partial charge in [0.1, 0.15) is 0 Å². The number of benzene rings is 2. The fourth-order valence-corrected chi connectivity index (χ4v) is 2.32. The van der Waals surface area contributed by atoms with Crippen LogP contribution in [0.5, 0.6) is 0 Å². The molecule has 0 aliphatic carbocycles. The van der Waals surface area contributed by atoms with Gasteiger partial charge in [-0.25, -0.2) is 0 Å². The molecule has 0 N–H and O–H groups in total. The number of hydrogen-bond acceptors (Lipinski definition) is 1. The molecule has 0 amide bonds. The van der Waals surface area contributed by atoms with Crippen molar-refractivity contribution in [2.24, 2.45) is 0 Å². The summed E-state index contributed by atoms with van der Waals surface area (Å²) in [4.78, 5) is 0. The van der Waals surface area contributed by atoms with Crippen LogP contribution < -0.4 is 0 Å². The van der Waals surface area contributed by atoms with Gasteiger partial charge in [0.15, 0.2) is 0 Å². The maximum Gasteiger partial charge on any atom is 0.0715 e. The third kappa shape index (κ3) is 3.93. The van der Waals surface area contributed by atoms with Gasteiger partial charge in [0.05, 0.1) is 6.61 Å². The summed E-state index contributed by atoms with van der Waals surface area (Å²) in [6, 6.07) is 15.5. The minimum atomic E-state index is 0.699. The zero-order valence-corrected chi connectivity index (χ0v) is 12.1. The summed E-state index contributed by atoms with van der Waals surface area (Å²) in [5.74, 6) is 0. The van der Waals surface area contributed by atoms with E-state index in [9.17, 15) is 0 Å². The Morgan fingerprint density at radius 1 is 0.789 bits per heavy atom. The fraction of sp³-hybridized carbons (Fsp3) is 0.333. The van der Waals surface area contributed by atoms with Crippen LogP contribution >= 0.6 is 0 Å². The summed E-state index contributed by atoms with van der Waals surface area (Å²) in [5.41, 5.74) is 6.72. The van der Waals surface area contributed by atoms with E-state index in [1.807, 2.05) is 0 Å². The maximum atomic E-state index is 5.29. The first-order chi connectivity index (χ1) is 9.19. The molecule has 0 unspecified atom stereocenters. The van der Waals surface area contributed by atoms with Crippen LogP contribution in [0, 0.1) is 13.8 Å². The SMILES string of the molecule is COCc1cc(C)ccc1CCc1ccc(C)cc1. The van der Waals surface area contributed by atoms with Crippen molar-refractivity contribution in [3.63, 3.8) is 0 Å². The van der Waals surface area contributed by atoms with Crippen LogP contribution in [0.1, 0.15) is 27.8 Å². The van der Waals surface area contributed by atoms with Crippen LogP contribution in [0.15, 0.2) is 42.5 Å². The molecule has 0 bridgehead atoms. The van der Waals surface area contributed by atoms with E-state index < -0.39 is 0 Å². The van der Waals surface area contributed by atoms with E-state index in [0.29, 0.717) is 6.61 Å². The number of hydrogen-bond donors (Lipinski definition) is 0. The molecule has 0 spiro atoms. The third-order valence-electron chi connectivity index (χ3n) is 3.47. The zero-order chi connectivity index (χ0) is 13.7. The largest absolute Gasteiger partial charge is 0.380 e. The van der Waals surface area contributed by atoms with E-state index in [1.165, 1.54) is 27.8 Å². The average Bonchev–Trinajstić information content (AvgIpc) is 2.40. The Labute approximate surface area is 116 Å². The molecule has 1 nitrogen and oxygen atoms in total. The molecule has 0 aliphatic heterocycles. The van der Waals surface area contributed by atoms with Gasteiger partial charge >= 0.3 is 0 Å². The Kier molecular flexibility index (Phi) is 4.75. The summed E-state index contributed by atoms with van der Waals surface area (Å²) >= 11 is 0. The van der Waals surface area contributed by atoms with Crippen molar-refractivity contribution < 1.29 is 4.74 Å². The third-order valence-corrected chi connectivity index (χ3v) is 3.47. The molecule has 0 atom stereocenters. The molecule has 2 aromatic carbocycles. The molecule has 100 valence electrons. The highest BCUT2D eigenvalue weighted by atomic mass is 16.5. The molecule has 19 heavy (non-hydrogen) atoms. The Bertz CT molecular complexity index is 526. The van der Waals surface area contributed by atoms with E-state index in [4.69, 9.17) is 4.74 Å². The van der Waals surface area contributed by atoms with Crippen LogP contribution in [0.2, 0.25) is 0 Å². The van der Waals surface area contributed by atoms with E-state index in [-0.39, 0.29) is 0 Å². The topological polar surface area (TPSA) is 9.23 Å².